The van der Waals surface area contributed by atoms with E-state index in [-0.39, 0.29) is 6.54 Å². The van der Waals surface area contributed by atoms with Crippen molar-refractivity contribution in [2.45, 2.75) is 19.3 Å². The maximum atomic E-state index is 11.1. The summed E-state index contributed by atoms with van der Waals surface area (Å²) in [6, 6.07) is -0.402. The van der Waals surface area contributed by atoms with Gasteiger partial charge in [-0.25, -0.2) is 4.79 Å². The van der Waals surface area contributed by atoms with Crippen LogP contribution in [0, 0.1) is 5.92 Å². The van der Waals surface area contributed by atoms with Crippen LogP contribution in [-0.2, 0) is 4.79 Å². The van der Waals surface area contributed by atoms with Gasteiger partial charge in [-0.1, -0.05) is 0 Å². The molecular weight excluding hydrogens is 222 g/mol. The van der Waals surface area contributed by atoms with Crippen molar-refractivity contribution >= 4 is 12.0 Å². The van der Waals surface area contributed by atoms with Gasteiger partial charge in [0.05, 0.1) is 0 Å². The molecular formula is C11H21N3O3. The van der Waals surface area contributed by atoms with Crippen molar-refractivity contribution in [1.82, 2.24) is 15.5 Å². The van der Waals surface area contributed by atoms with E-state index in [9.17, 15) is 9.59 Å². The molecule has 1 rings (SSSR count). The summed E-state index contributed by atoms with van der Waals surface area (Å²) in [6.45, 7) is 2.52. The third-order valence-corrected chi connectivity index (χ3v) is 3.08. The van der Waals surface area contributed by atoms with Crippen molar-refractivity contribution in [3.63, 3.8) is 0 Å². The van der Waals surface area contributed by atoms with Gasteiger partial charge in [0, 0.05) is 6.54 Å². The molecule has 3 N–H and O–H groups in total. The van der Waals surface area contributed by atoms with E-state index in [0.717, 1.165) is 19.5 Å². The Kier molecular flexibility index (Phi) is 5.76. The summed E-state index contributed by atoms with van der Waals surface area (Å²) in [5.74, 6) is -0.360. The lowest BCUT2D eigenvalue weighted by atomic mass is 9.94. The van der Waals surface area contributed by atoms with Gasteiger partial charge in [0.25, 0.3) is 0 Å². The highest BCUT2D eigenvalue weighted by Crippen LogP contribution is 2.18. The molecule has 17 heavy (non-hydrogen) atoms. The van der Waals surface area contributed by atoms with Crippen molar-refractivity contribution in [2.75, 3.05) is 33.2 Å². The minimum atomic E-state index is -1.03. The van der Waals surface area contributed by atoms with Crippen LogP contribution in [0.15, 0.2) is 0 Å². The molecule has 0 aliphatic carbocycles. The number of carboxylic acid groups (broad SMARTS) is 1. The number of nitrogens with one attached hydrogen (secondary N) is 2. The quantitative estimate of drug-likeness (QED) is 0.640. The van der Waals surface area contributed by atoms with Crippen LogP contribution in [0.1, 0.15) is 19.3 Å². The highest BCUT2D eigenvalue weighted by molar-refractivity contribution is 5.79. The molecule has 0 bridgehead atoms. The number of likely N-dealkylation sites (tertiary alicyclic amines) is 1. The minimum absolute atomic E-state index is 0.333. The van der Waals surface area contributed by atoms with E-state index >= 15 is 0 Å². The molecule has 1 aliphatic heterocycles. The highest BCUT2D eigenvalue weighted by Gasteiger charge is 2.16. The molecule has 0 unspecified atom stereocenters. The number of hydrogen-bond donors (Lipinski definition) is 3. The lowest BCUT2D eigenvalue weighted by Gasteiger charge is -2.28. The molecule has 0 saturated carbocycles. The number of aliphatic carboxylic acids is 1. The number of piperidine rings is 1. The van der Waals surface area contributed by atoms with E-state index in [1.54, 1.807) is 0 Å². The van der Waals surface area contributed by atoms with Gasteiger partial charge < -0.3 is 20.6 Å². The van der Waals surface area contributed by atoms with E-state index in [1.165, 1.54) is 12.8 Å². The lowest BCUT2D eigenvalue weighted by molar-refractivity contribution is -0.135. The monoisotopic (exact) mass is 243 g/mol. The molecule has 0 aromatic carbocycles. The fourth-order valence-electron chi connectivity index (χ4n) is 1.96. The summed E-state index contributed by atoms with van der Waals surface area (Å²) in [5, 5.41) is 13.3. The number of nitrogens with zero attached hydrogens (tertiary/aromatic N) is 1. The fraction of sp³-hybridized carbons (Fsp3) is 0.818. The molecule has 0 aromatic heterocycles. The van der Waals surface area contributed by atoms with E-state index in [1.807, 2.05) is 0 Å². The Hall–Kier alpha value is -1.30. The van der Waals surface area contributed by atoms with Gasteiger partial charge >= 0.3 is 12.0 Å². The number of carboxylic acids is 1. The maximum absolute atomic E-state index is 11.1. The van der Waals surface area contributed by atoms with Crippen molar-refractivity contribution in [3.05, 3.63) is 0 Å². The molecule has 1 saturated heterocycles. The summed E-state index contributed by atoms with van der Waals surface area (Å²) in [4.78, 5) is 23.7. The van der Waals surface area contributed by atoms with Crippen LogP contribution in [0.2, 0.25) is 0 Å². The third-order valence-electron chi connectivity index (χ3n) is 3.08. The van der Waals surface area contributed by atoms with Crippen molar-refractivity contribution < 1.29 is 14.7 Å². The summed E-state index contributed by atoms with van der Waals surface area (Å²) < 4.78 is 0. The first kappa shape index (κ1) is 13.8. The average Bonchev–Trinajstić information content (AvgIpc) is 2.29. The molecule has 2 amide bonds. The van der Waals surface area contributed by atoms with Gasteiger partial charge in [0.2, 0.25) is 0 Å². The fourth-order valence-corrected chi connectivity index (χ4v) is 1.96. The predicted octanol–water partition coefficient (Wildman–Crippen LogP) is 0.102. The second-order valence-electron chi connectivity index (χ2n) is 4.54. The molecule has 6 nitrogen and oxygen atoms in total. The molecule has 1 aliphatic rings. The van der Waals surface area contributed by atoms with Crippen LogP contribution in [0.5, 0.6) is 0 Å². The SMILES string of the molecule is CN1CCC(CCNC(=O)NCC(=O)O)CC1. The van der Waals surface area contributed by atoms with E-state index < -0.39 is 12.0 Å². The molecule has 0 aromatic rings. The van der Waals surface area contributed by atoms with Crippen molar-refractivity contribution in [3.8, 4) is 0 Å². The molecule has 0 atom stereocenters. The third kappa shape index (κ3) is 6.11. The van der Waals surface area contributed by atoms with Crippen LogP contribution in [0.4, 0.5) is 4.79 Å². The van der Waals surface area contributed by atoms with Crippen LogP contribution in [-0.4, -0.2) is 55.2 Å². The Balaban J connectivity index is 2.03. The molecule has 1 heterocycles. The number of hydrogen-bond acceptors (Lipinski definition) is 3. The first-order chi connectivity index (χ1) is 8.08. The Bertz CT molecular complexity index is 263. The number of carbonyl (C=O) groups is 2. The van der Waals surface area contributed by atoms with Crippen LogP contribution in [0.25, 0.3) is 0 Å². The van der Waals surface area contributed by atoms with Crippen molar-refractivity contribution in [2.24, 2.45) is 5.92 Å². The normalized spacial score (nSPS) is 17.7. The Morgan fingerprint density at radius 1 is 1.29 bits per heavy atom. The standard InChI is InChI=1S/C11H21N3O3/c1-14-6-3-9(4-7-14)2-5-12-11(17)13-8-10(15)16/h9H,2-8H2,1H3,(H,15,16)(H2,12,13,17). The minimum Gasteiger partial charge on any atom is -0.480 e. The van der Waals surface area contributed by atoms with Gasteiger partial charge in [0.1, 0.15) is 6.54 Å². The summed E-state index contributed by atoms with van der Waals surface area (Å²) in [7, 11) is 2.12. The van der Waals surface area contributed by atoms with Crippen LogP contribution >= 0.6 is 0 Å². The predicted molar refractivity (Wildman–Crippen MR) is 63.9 cm³/mol. The topological polar surface area (TPSA) is 81.7 Å². The van der Waals surface area contributed by atoms with Crippen LogP contribution < -0.4 is 10.6 Å². The van der Waals surface area contributed by atoms with E-state index in [4.69, 9.17) is 5.11 Å². The summed E-state index contributed by atoms with van der Waals surface area (Å²) >= 11 is 0. The Morgan fingerprint density at radius 2 is 1.94 bits per heavy atom. The zero-order valence-corrected chi connectivity index (χ0v) is 10.2. The number of carbonyl (C=O) groups excluding carboxylic acids is 1. The average molecular weight is 243 g/mol. The molecule has 6 heteroatoms. The first-order valence-electron chi connectivity index (χ1n) is 6.00. The van der Waals surface area contributed by atoms with Crippen LogP contribution in [0.3, 0.4) is 0 Å². The smallest absolute Gasteiger partial charge is 0.323 e. The van der Waals surface area contributed by atoms with Gasteiger partial charge in [0.15, 0.2) is 0 Å². The lowest BCUT2D eigenvalue weighted by Crippen LogP contribution is -2.39. The Labute approximate surface area is 101 Å². The van der Waals surface area contributed by atoms with Crippen molar-refractivity contribution in [1.29, 1.82) is 0 Å². The Morgan fingerprint density at radius 3 is 2.53 bits per heavy atom. The van der Waals surface area contributed by atoms with Gasteiger partial charge in [-0.05, 0) is 45.3 Å². The highest BCUT2D eigenvalue weighted by atomic mass is 16.4. The van der Waals surface area contributed by atoms with Gasteiger partial charge in [-0.3, -0.25) is 4.79 Å². The summed E-state index contributed by atoms with van der Waals surface area (Å²) in [6.07, 6.45) is 3.32. The number of rotatable bonds is 5. The molecule has 98 valence electrons. The second kappa shape index (κ2) is 7.11. The first-order valence-corrected chi connectivity index (χ1v) is 6.00. The molecule has 0 radical (unpaired) electrons. The van der Waals surface area contributed by atoms with Gasteiger partial charge in [-0.2, -0.15) is 0 Å². The largest absolute Gasteiger partial charge is 0.480 e. The zero-order valence-electron chi connectivity index (χ0n) is 10.2. The van der Waals surface area contributed by atoms with E-state index in [0.29, 0.717) is 12.5 Å². The molecule has 1 fully saturated rings. The molecule has 0 spiro atoms. The maximum Gasteiger partial charge on any atom is 0.323 e. The summed E-state index contributed by atoms with van der Waals surface area (Å²) in [5.41, 5.74) is 0. The zero-order chi connectivity index (χ0) is 12.7. The second-order valence-corrected chi connectivity index (χ2v) is 4.54. The number of urea groups is 1. The van der Waals surface area contributed by atoms with E-state index in [2.05, 4.69) is 22.6 Å². The van der Waals surface area contributed by atoms with Gasteiger partial charge in [-0.15, -0.1) is 0 Å². The number of amides is 2.